The SMILES string of the molecule is COCC(N)C(=O)NC(C)c1ccccc1C. The van der Waals surface area contributed by atoms with E-state index in [4.69, 9.17) is 10.5 Å². The summed E-state index contributed by atoms with van der Waals surface area (Å²) in [5.41, 5.74) is 7.91. The van der Waals surface area contributed by atoms with Gasteiger partial charge in [-0.1, -0.05) is 24.3 Å². The minimum absolute atomic E-state index is 0.0494. The Kier molecular flexibility index (Phi) is 5.12. The third-order valence-electron chi connectivity index (χ3n) is 2.70. The van der Waals surface area contributed by atoms with Gasteiger partial charge in [0.25, 0.3) is 0 Å². The minimum Gasteiger partial charge on any atom is -0.383 e. The molecule has 1 aromatic rings. The highest BCUT2D eigenvalue weighted by molar-refractivity contribution is 5.82. The average Bonchev–Trinajstić information content (AvgIpc) is 2.29. The number of amides is 1. The molecule has 2 atom stereocenters. The van der Waals surface area contributed by atoms with Gasteiger partial charge in [0.05, 0.1) is 12.6 Å². The van der Waals surface area contributed by atoms with Gasteiger partial charge in [-0.2, -0.15) is 0 Å². The molecule has 1 aromatic carbocycles. The van der Waals surface area contributed by atoms with Crippen LogP contribution < -0.4 is 11.1 Å². The Bertz CT molecular complexity index is 379. The highest BCUT2D eigenvalue weighted by atomic mass is 16.5. The fourth-order valence-corrected chi connectivity index (χ4v) is 1.73. The lowest BCUT2D eigenvalue weighted by Crippen LogP contribution is -2.44. The molecule has 0 heterocycles. The van der Waals surface area contributed by atoms with Crippen molar-refractivity contribution < 1.29 is 9.53 Å². The number of methoxy groups -OCH3 is 1. The van der Waals surface area contributed by atoms with Crippen LogP contribution in [0.4, 0.5) is 0 Å². The number of hydrogen-bond acceptors (Lipinski definition) is 3. The van der Waals surface area contributed by atoms with Crippen LogP contribution in [0.3, 0.4) is 0 Å². The van der Waals surface area contributed by atoms with Gasteiger partial charge in [-0.15, -0.1) is 0 Å². The first-order valence-electron chi connectivity index (χ1n) is 5.66. The van der Waals surface area contributed by atoms with Gasteiger partial charge in [-0.3, -0.25) is 4.79 Å². The number of aryl methyl sites for hydroxylation is 1. The number of rotatable bonds is 5. The molecule has 0 spiro atoms. The van der Waals surface area contributed by atoms with Crippen molar-refractivity contribution in [1.29, 1.82) is 0 Å². The van der Waals surface area contributed by atoms with Gasteiger partial charge < -0.3 is 15.8 Å². The molecule has 0 bridgehead atoms. The number of nitrogens with two attached hydrogens (primary N) is 1. The summed E-state index contributed by atoms with van der Waals surface area (Å²) in [7, 11) is 1.53. The zero-order valence-corrected chi connectivity index (χ0v) is 10.6. The number of ether oxygens (including phenoxy) is 1. The fourth-order valence-electron chi connectivity index (χ4n) is 1.73. The molecule has 1 rings (SSSR count). The van der Waals surface area contributed by atoms with E-state index in [9.17, 15) is 4.79 Å². The van der Waals surface area contributed by atoms with E-state index in [1.165, 1.54) is 7.11 Å². The van der Waals surface area contributed by atoms with Gasteiger partial charge in [0.1, 0.15) is 6.04 Å². The van der Waals surface area contributed by atoms with Crippen molar-refractivity contribution in [3.63, 3.8) is 0 Å². The van der Waals surface area contributed by atoms with E-state index in [1.807, 2.05) is 38.1 Å². The number of carbonyl (C=O) groups is 1. The minimum atomic E-state index is -0.619. The van der Waals surface area contributed by atoms with Crippen LogP contribution in [0.2, 0.25) is 0 Å². The Balaban J connectivity index is 2.63. The molecule has 17 heavy (non-hydrogen) atoms. The molecule has 94 valence electrons. The third-order valence-corrected chi connectivity index (χ3v) is 2.70. The molecule has 0 aliphatic rings. The maximum Gasteiger partial charge on any atom is 0.239 e. The van der Waals surface area contributed by atoms with Crippen LogP contribution in [0.15, 0.2) is 24.3 Å². The van der Waals surface area contributed by atoms with E-state index in [0.29, 0.717) is 0 Å². The van der Waals surface area contributed by atoms with Gasteiger partial charge in [0.15, 0.2) is 0 Å². The molecule has 0 aliphatic carbocycles. The van der Waals surface area contributed by atoms with Crippen molar-refractivity contribution in [3.8, 4) is 0 Å². The Hall–Kier alpha value is -1.39. The van der Waals surface area contributed by atoms with E-state index < -0.39 is 6.04 Å². The monoisotopic (exact) mass is 236 g/mol. The van der Waals surface area contributed by atoms with Gasteiger partial charge in [0.2, 0.25) is 5.91 Å². The Labute approximate surface area is 102 Å². The van der Waals surface area contributed by atoms with Crippen molar-refractivity contribution in [2.75, 3.05) is 13.7 Å². The lowest BCUT2D eigenvalue weighted by atomic mass is 10.0. The van der Waals surface area contributed by atoms with E-state index in [-0.39, 0.29) is 18.6 Å². The molecule has 0 aromatic heterocycles. The van der Waals surface area contributed by atoms with Crippen molar-refractivity contribution in [2.24, 2.45) is 5.73 Å². The summed E-state index contributed by atoms with van der Waals surface area (Å²) in [4.78, 5) is 11.7. The molecule has 3 N–H and O–H groups in total. The van der Waals surface area contributed by atoms with Crippen molar-refractivity contribution in [3.05, 3.63) is 35.4 Å². The van der Waals surface area contributed by atoms with Gasteiger partial charge >= 0.3 is 0 Å². The summed E-state index contributed by atoms with van der Waals surface area (Å²) in [6.07, 6.45) is 0. The van der Waals surface area contributed by atoms with Crippen LogP contribution in [0.1, 0.15) is 24.1 Å². The Morgan fingerprint density at radius 2 is 2.12 bits per heavy atom. The van der Waals surface area contributed by atoms with Crippen molar-refractivity contribution in [2.45, 2.75) is 25.9 Å². The topological polar surface area (TPSA) is 64.3 Å². The second kappa shape index (κ2) is 6.37. The molecule has 0 radical (unpaired) electrons. The molecule has 0 saturated heterocycles. The maximum absolute atomic E-state index is 11.7. The third kappa shape index (κ3) is 3.84. The normalized spacial score (nSPS) is 14.1. The van der Waals surface area contributed by atoms with Crippen LogP contribution in [0.5, 0.6) is 0 Å². The quantitative estimate of drug-likeness (QED) is 0.806. The van der Waals surface area contributed by atoms with E-state index in [1.54, 1.807) is 0 Å². The van der Waals surface area contributed by atoms with Crippen LogP contribution in [0.25, 0.3) is 0 Å². The fraction of sp³-hybridized carbons (Fsp3) is 0.462. The number of benzene rings is 1. The maximum atomic E-state index is 11.7. The second-order valence-corrected chi connectivity index (χ2v) is 4.15. The van der Waals surface area contributed by atoms with Crippen LogP contribution >= 0.6 is 0 Å². The number of carbonyl (C=O) groups excluding carboxylic acids is 1. The summed E-state index contributed by atoms with van der Waals surface area (Å²) in [6, 6.07) is 7.29. The van der Waals surface area contributed by atoms with Gasteiger partial charge in [0, 0.05) is 7.11 Å². The molecular formula is C13H20N2O2. The number of hydrogen-bond donors (Lipinski definition) is 2. The van der Waals surface area contributed by atoms with Crippen LogP contribution in [-0.2, 0) is 9.53 Å². The lowest BCUT2D eigenvalue weighted by molar-refractivity contribution is -0.124. The first-order valence-corrected chi connectivity index (χ1v) is 5.66. The van der Waals surface area contributed by atoms with E-state index in [0.717, 1.165) is 11.1 Å². The first-order chi connectivity index (χ1) is 8.06. The number of nitrogens with one attached hydrogen (secondary N) is 1. The predicted octanol–water partition coefficient (Wildman–Crippen LogP) is 1.15. The highest BCUT2D eigenvalue weighted by Gasteiger charge is 2.16. The zero-order valence-electron chi connectivity index (χ0n) is 10.6. The molecule has 4 heteroatoms. The van der Waals surface area contributed by atoms with E-state index >= 15 is 0 Å². The molecule has 2 unspecified atom stereocenters. The standard InChI is InChI=1S/C13H20N2O2/c1-9-6-4-5-7-11(9)10(2)15-13(16)12(14)8-17-3/h4-7,10,12H,8,14H2,1-3H3,(H,15,16). The van der Waals surface area contributed by atoms with Gasteiger partial charge in [-0.25, -0.2) is 0 Å². The highest BCUT2D eigenvalue weighted by Crippen LogP contribution is 2.16. The molecule has 0 saturated carbocycles. The van der Waals surface area contributed by atoms with Crippen LogP contribution in [0, 0.1) is 6.92 Å². The van der Waals surface area contributed by atoms with Crippen LogP contribution in [-0.4, -0.2) is 25.7 Å². The first kappa shape index (κ1) is 13.7. The van der Waals surface area contributed by atoms with Gasteiger partial charge in [-0.05, 0) is 25.0 Å². The Morgan fingerprint density at radius 3 is 2.71 bits per heavy atom. The van der Waals surface area contributed by atoms with E-state index in [2.05, 4.69) is 5.32 Å². The van der Waals surface area contributed by atoms with Crippen molar-refractivity contribution in [1.82, 2.24) is 5.32 Å². The second-order valence-electron chi connectivity index (χ2n) is 4.15. The smallest absolute Gasteiger partial charge is 0.239 e. The zero-order chi connectivity index (χ0) is 12.8. The molecule has 4 nitrogen and oxygen atoms in total. The average molecular weight is 236 g/mol. The summed E-state index contributed by atoms with van der Waals surface area (Å²) in [6.45, 7) is 4.19. The Morgan fingerprint density at radius 1 is 1.47 bits per heavy atom. The molecule has 1 amide bonds. The predicted molar refractivity (Wildman–Crippen MR) is 67.6 cm³/mol. The summed E-state index contributed by atoms with van der Waals surface area (Å²) in [5, 5.41) is 2.88. The largest absolute Gasteiger partial charge is 0.383 e. The summed E-state index contributed by atoms with van der Waals surface area (Å²) < 4.78 is 4.85. The van der Waals surface area contributed by atoms with Crippen molar-refractivity contribution >= 4 is 5.91 Å². The molecule has 0 fully saturated rings. The molecular weight excluding hydrogens is 216 g/mol. The summed E-state index contributed by atoms with van der Waals surface area (Å²) >= 11 is 0. The molecule has 0 aliphatic heterocycles. The summed E-state index contributed by atoms with van der Waals surface area (Å²) in [5.74, 6) is -0.192. The lowest BCUT2D eigenvalue weighted by Gasteiger charge is -2.19.